The molecular formula is C15H20N6O. The predicted octanol–water partition coefficient (Wildman–Crippen LogP) is 1.02. The quantitative estimate of drug-likeness (QED) is 0.912. The molecule has 1 fully saturated rings. The van der Waals surface area contributed by atoms with Crippen molar-refractivity contribution >= 4 is 11.9 Å². The van der Waals surface area contributed by atoms with Crippen molar-refractivity contribution in [1.82, 2.24) is 25.1 Å². The van der Waals surface area contributed by atoms with E-state index in [0.29, 0.717) is 0 Å². The predicted molar refractivity (Wildman–Crippen MR) is 82.3 cm³/mol. The normalized spacial score (nSPS) is 17.2. The molecule has 22 heavy (non-hydrogen) atoms. The van der Waals surface area contributed by atoms with Crippen LogP contribution in [0.25, 0.3) is 0 Å². The van der Waals surface area contributed by atoms with Crippen LogP contribution >= 0.6 is 0 Å². The van der Waals surface area contributed by atoms with Crippen LogP contribution in [0, 0.1) is 0 Å². The van der Waals surface area contributed by atoms with Crippen LogP contribution < -0.4 is 10.2 Å². The fourth-order valence-corrected chi connectivity index (χ4v) is 2.63. The van der Waals surface area contributed by atoms with E-state index in [0.717, 1.165) is 31.9 Å². The van der Waals surface area contributed by atoms with Gasteiger partial charge in [-0.05, 0) is 31.9 Å². The Morgan fingerprint density at radius 3 is 2.59 bits per heavy atom. The van der Waals surface area contributed by atoms with Gasteiger partial charge in [-0.1, -0.05) is 0 Å². The van der Waals surface area contributed by atoms with E-state index in [1.807, 2.05) is 19.1 Å². The van der Waals surface area contributed by atoms with E-state index in [9.17, 15) is 4.79 Å². The molecule has 7 heteroatoms. The number of piperidine rings is 1. The number of aromatic nitrogens is 4. The van der Waals surface area contributed by atoms with Gasteiger partial charge < -0.3 is 10.2 Å². The molecule has 116 valence electrons. The van der Waals surface area contributed by atoms with Crippen LogP contribution in [-0.2, 0) is 4.79 Å². The zero-order valence-electron chi connectivity index (χ0n) is 12.6. The minimum atomic E-state index is -0.287. The lowest BCUT2D eigenvalue weighted by Crippen LogP contribution is -2.46. The molecule has 0 spiro atoms. The summed E-state index contributed by atoms with van der Waals surface area (Å²) in [6.07, 6.45) is 8.79. The topological polar surface area (TPSA) is 75.9 Å². The molecule has 7 nitrogen and oxygen atoms in total. The molecule has 1 N–H and O–H groups in total. The first-order valence-electron chi connectivity index (χ1n) is 7.55. The van der Waals surface area contributed by atoms with Crippen LogP contribution in [0.4, 0.5) is 5.95 Å². The summed E-state index contributed by atoms with van der Waals surface area (Å²) in [5.74, 6) is 0.773. The summed E-state index contributed by atoms with van der Waals surface area (Å²) >= 11 is 0. The molecule has 0 aromatic carbocycles. The second-order valence-electron chi connectivity index (χ2n) is 5.48. The number of carbonyl (C=O) groups excluding carboxylic acids is 1. The third kappa shape index (κ3) is 3.24. The van der Waals surface area contributed by atoms with Crippen LogP contribution in [0.15, 0.2) is 36.9 Å². The Morgan fingerprint density at radius 2 is 1.95 bits per heavy atom. The van der Waals surface area contributed by atoms with E-state index in [-0.39, 0.29) is 18.0 Å². The third-order valence-corrected chi connectivity index (χ3v) is 3.98. The molecular weight excluding hydrogens is 280 g/mol. The molecule has 0 aliphatic carbocycles. The van der Waals surface area contributed by atoms with E-state index in [1.165, 1.54) is 0 Å². The average Bonchev–Trinajstić information content (AvgIpc) is 3.10. The van der Waals surface area contributed by atoms with Gasteiger partial charge in [0.25, 0.3) is 0 Å². The van der Waals surface area contributed by atoms with Crippen molar-refractivity contribution in [3.63, 3.8) is 0 Å². The molecule has 1 atom stereocenters. The highest BCUT2D eigenvalue weighted by molar-refractivity contribution is 5.80. The fraction of sp³-hybridized carbons (Fsp3) is 0.467. The zero-order valence-corrected chi connectivity index (χ0v) is 12.6. The highest BCUT2D eigenvalue weighted by Gasteiger charge is 2.24. The van der Waals surface area contributed by atoms with Gasteiger partial charge in [-0.25, -0.2) is 9.97 Å². The summed E-state index contributed by atoms with van der Waals surface area (Å²) in [7, 11) is 0. The highest BCUT2D eigenvalue weighted by atomic mass is 16.2. The van der Waals surface area contributed by atoms with Gasteiger partial charge in [0.1, 0.15) is 6.04 Å². The van der Waals surface area contributed by atoms with Crippen LogP contribution in [0.2, 0.25) is 0 Å². The number of amides is 1. The minimum absolute atomic E-state index is 0.0121. The summed E-state index contributed by atoms with van der Waals surface area (Å²) in [4.78, 5) is 22.9. The summed E-state index contributed by atoms with van der Waals surface area (Å²) in [5, 5.41) is 7.22. The van der Waals surface area contributed by atoms with Gasteiger partial charge in [0.05, 0.1) is 0 Å². The van der Waals surface area contributed by atoms with E-state index in [4.69, 9.17) is 0 Å². The van der Waals surface area contributed by atoms with Crippen molar-refractivity contribution in [3.05, 3.63) is 36.9 Å². The first-order chi connectivity index (χ1) is 10.7. The average molecular weight is 300 g/mol. The maximum Gasteiger partial charge on any atom is 0.244 e. The molecule has 1 aliphatic rings. The maximum atomic E-state index is 12.3. The smallest absolute Gasteiger partial charge is 0.244 e. The monoisotopic (exact) mass is 300 g/mol. The lowest BCUT2D eigenvalue weighted by molar-refractivity contribution is -0.125. The Balaban J connectivity index is 1.51. The molecule has 0 bridgehead atoms. The Labute approximate surface area is 129 Å². The zero-order chi connectivity index (χ0) is 15.4. The number of nitrogens with one attached hydrogen (secondary N) is 1. The number of rotatable bonds is 4. The lowest BCUT2D eigenvalue weighted by atomic mass is 10.0. The fourth-order valence-electron chi connectivity index (χ4n) is 2.63. The number of carbonyl (C=O) groups is 1. The molecule has 3 heterocycles. The van der Waals surface area contributed by atoms with Gasteiger partial charge >= 0.3 is 0 Å². The van der Waals surface area contributed by atoms with Crippen molar-refractivity contribution < 1.29 is 4.79 Å². The van der Waals surface area contributed by atoms with Crippen LogP contribution in [0.1, 0.15) is 25.8 Å². The Hall–Kier alpha value is -2.44. The van der Waals surface area contributed by atoms with Gasteiger partial charge in [0.15, 0.2) is 0 Å². The van der Waals surface area contributed by atoms with E-state index < -0.39 is 0 Å². The van der Waals surface area contributed by atoms with Crippen LogP contribution in [0.3, 0.4) is 0 Å². The molecule has 2 aromatic heterocycles. The van der Waals surface area contributed by atoms with Crippen LogP contribution in [0.5, 0.6) is 0 Å². The highest BCUT2D eigenvalue weighted by Crippen LogP contribution is 2.16. The first kappa shape index (κ1) is 14.5. The molecule has 0 radical (unpaired) electrons. The number of hydrogen-bond donors (Lipinski definition) is 1. The van der Waals surface area contributed by atoms with Crippen molar-refractivity contribution in [2.45, 2.75) is 31.8 Å². The SMILES string of the molecule is C[C@H](C(=O)NC1CCN(c2ncccn2)CC1)n1cccn1. The van der Waals surface area contributed by atoms with E-state index in [2.05, 4.69) is 25.3 Å². The van der Waals surface area contributed by atoms with Gasteiger partial charge in [0.2, 0.25) is 11.9 Å². The molecule has 0 saturated carbocycles. The third-order valence-electron chi connectivity index (χ3n) is 3.98. The molecule has 1 amide bonds. The molecule has 2 aromatic rings. The Kier molecular flexibility index (Phi) is 4.32. The maximum absolute atomic E-state index is 12.3. The van der Waals surface area contributed by atoms with E-state index in [1.54, 1.807) is 29.5 Å². The Bertz CT molecular complexity index is 592. The number of hydrogen-bond acceptors (Lipinski definition) is 5. The first-order valence-corrected chi connectivity index (χ1v) is 7.55. The summed E-state index contributed by atoms with van der Waals surface area (Å²) in [6, 6.07) is 3.55. The van der Waals surface area contributed by atoms with Gasteiger partial charge in [0, 0.05) is 43.9 Å². The number of anilines is 1. The molecule has 1 saturated heterocycles. The van der Waals surface area contributed by atoms with Crippen molar-refractivity contribution in [1.29, 1.82) is 0 Å². The Morgan fingerprint density at radius 1 is 1.23 bits per heavy atom. The molecule has 0 unspecified atom stereocenters. The standard InChI is InChI=1S/C15H20N6O/c1-12(21-9-3-8-18-21)14(22)19-13-4-10-20(11-5-13)15-16-6-2-7-17-15/h2-3,6-9,12-13H,4-5,10-11H2,1H3,(H,19,22)/t12-/m1/s1. The second kappa shape index (κ2) is 6.55. The largest absolute Gasteiger partial charge is 0.351 e. The van der Waals surface area contributed by atoms with Crippen molar-refractivity contribution in [2.75, 3.05) is 18.0 Å². The van der Waals surface area contributed by atoms with Crippen LogP contribution in [-0.4, -0.2) is 44.8 Å². The minimum Gasteiger partial charge on any atom is -0.351 e. The molecule has 1 aliphatic heterocycles. The van der Waals surface area contributed by atoms with Crippen molar-refractivity contribution in [2.24, 2.45) is 0 Å². The molecule has 3 rings (SSSR count). The summed E-state index contributed by atoms with van der Waals surface area (Å²) < 4.78 is 1.67. The van der Waals surface area contributed by atoms with Crippen molar-refractivity contribution in [3.8, 4) is 0 Å². The van der Waals surface area contributed by atoms with Gasteiger partial charge in [-0.15, -0.1) is 0 Å². The second-order valence-corrected chi connectivity index (χ2v) is 5.48. The summed E-state index contributed by atoms with van der Waals surface area (Å²) in [6.45, 7) is 3.56. The van der Waals surface area contributed by atoms with E-state index >= 15 is 0 Å². The summed E-state index contributed by atoms with van der Waals surface area (Å²) in [5.41, 5.74) is 0. The lowest BCUT2D eigenvalue weighted by Gasteiger charge is -2.32. The number of nitrogens with zero attached hydrogens (tertiary/aromatic N) is 5. The van der Waals surface area contributed by atoms with Gasteiger partial charge in [-0.3, -0.25) is 9.48 Å². The van der Waals surface area contributed by atoms with Gasteiger partial charge in [-0.2, -0.15) is 5.10 Å².